The molecule has 0 N–H and O–H groups in total. The lowest BCUT2D eigenvalue weighted by Gasteiger charge is -2.40. The summed E-state index contributed by atoms with van der Waals surface area (Å²) < 4.78 is 5.21. The van der Waals surface area contributed by atoms with Crippen LogP contribution in [0, 0.1) is 0 Å². The Kier molecular flexibility index (Phi) is 6.21. The van der Waals surface area contributed by atoms with Gasteiger partial charge in [0.05, 0.1) is 13.0 Å². The number of benzene rings is 3. The van der Waals surface area contributed by atoms with Crippen molar-refractivity contribution in [1.82, 2.24) is 4.90 Å². The number of nitrogens with zero attached hydrogens (tertiary/aromatic N) is 3. The summed E-state index contributed by atoms with van der Waals surface area (Å²) >= 11 is 0. The molecule has 3 aromatic carbocycles. The van der Waals surface area contributed by atoms with Crippen LogP contribution in [0.3, 0.4) is 0 Å². The molecule has 2 amide bonds. The number of carbonyl (C=O) groups is 2. The maximum absolute atomic E-state index is 13.6. The maximum atomic E-state index is 13.6. The number of ether oxygens (including phenoxy) is 1. The van der Waals surface area contributed by atoms with Crippen LogP contribution >= 0.6 is 0 Å². The van der Waals surface area contributed by atoms with Crippen molar-refractivity contribution in [2.75, 3.05) is 49.6 Å². The summed E-state index contributed by atoms with van der Waals surface area (Å²) in [6.07, 6.45) is 0.622. The summed E-state index contributed by atoms with van der Waals surface area (Å²) in [5.41, 5.74) is 3.57. The van der Waals surface area contributed by atoms with Crippen LogP contribution in [-0.2, 0) is 4.79 Å². The number of anilines is 2. The SMILES string of the molecule is COc1ccc(C(=O)N2CCC(C(=O)N3CCN(c4ccccc4)CC3)c3ccccc32)cc1. The first-order chi connectivity index (χ1) is 16.7. The highest BCUT2D eigenvalue weighted by Gasteiger charge is 2.35. The van der Waals surface area contributed by atoms with Crippen molar-refractivity contribution in [3.63, 3.8) is 0 Å². The fourth-order valence-electron chi connectivity index (χ4n) is 4.96. The van der Waals surface area contributed by atoms with E-state index in [2.05, 4.69) is 17.0 Å². The van der Waals surface area contributed by atoms with Crippen molar-refractivity contribution in [3.8, 4) is 5.75 Å². The predicted molar refractivity (Wildman–Crippen MR) is 134 cm³/mol. The van der Waals surface area contributed by atoms with Gasteiger partial charge in [-0.2, -0.15) is 0 Å². The number of piperazine rings is 1. The molecule has 0 bridgehead atoms. The first kappa shape index (κ1) is 22.0. The monoisotopic (exact) mass is 455 g/mol. The molecule has 2 aliphatic rings. The first-order valence-electron chi connectivity index (χ1n) is 11.8. The van der Waals surface area contributed by atoms with Crippen LogP contribution in [0.5, 0.6) is 5.75 Å². The molecule has 0 aromatic heterocycles. The predicted octanol–water partition coefficient (Wildman–Crippen LogP) is 4.18. The number of hydrogen-bond donors (Lipinski definition) is 0. The molecule has 3 aromatic rings. The molecule has 2 aliphatic heterocycles. The molecular weight excluding hydrogens is 426 g/mol. The summed E-state index contributed by atoms with van der Waals surface area (Å²) in [6, 6.07) is 25.3. The highest BCUT2D eigenvalue weighted by atomic mass is 16.5. The van der Waals surface area contributed by atoms with E-state index in [0.29, 0.717) is 37.4 Å². The van der Waals surface area contributed by atoms with Crippen LogP contribution in [0.25, 0.3) is 0 Å². The molecule has 6 heteroatoms. The third kappa shape index (κ3) is 4.23. The number of fused-ring (bicyclic) bond motifs is 1. The molecule has 6 nitrogen and oxygen atoms in total. The summed E-state index contributed by atoms with van der Waals surface area (Å²) in [5, 5.41) is 0. The summed E-state index contributed by atoms with van der Waals surface area (Å²) in [4.78, 5) is 33.0. The lowest BCUT2D eigenvalue weighted by atomic mass is 9.88. The molecular formula is C28H29N3O3. The van der Waals surface area contributed by atoms with Crippen molar-refractivity contribution in [2.45, 2.75) is 12.3 Å². The Morgan fingerprint density at radius 1 is 0.794 bits per heavy atom. The highest BCUT2D eigenvalue weighted by molar-refractivity contribution is 6.07. The Bertz CT molecular complexity index is 1160. The minimum Gasteiger partial charge on any atom is -0.497 e. The van der Waals surface area contributed by atoms with Gasteiger partial charge in [-0.25, -0.2) is 0 Å². The average molecular weight is 456 g/mol. The third-order valence-electron chi connectivity index (χ3n) is 6.84. The van der Waals surface area contributed by atoms with Gasteiger partial charge in [-0.15, -0.1) is 0 Å². The molecule has 1 saturated heterocycles. The van der Waals surface area contributed by atoms with Crippen LogP contribution < -0.4 is 14.5 Å². The highest BCUT2D eigenvalue weighted by Crippen LogP contribution is 2.37. The second-order valence-corrected chi connectivity index (χ2v) is 8.73. The first-order valence-corrected chi connectivity index (χ1v) is 11.8. The molecule has 1 fully saturated rings. The molecule has 1 atom stereocenters. The number of rotatable bonds is 4. The van der Waals surface area contributed by atoms with Crippen LogP contribution in [0.2, 0.25) is 0 Å². The molecule has 2 heterocycles. The van der Waals surface area contributed by atoms with E-state index in [0.717, 1.165) is 24.3 Å². The Hall–Kier alpha value is -3.80. The molecule has 0 radical (unpaired) electrons. The van der Waals surface area contributed by atoms with Crippen LogP contribution in [0.1, 0.15) is 28.3 Å². The normalized spacial score (nSPS) is 17.8. The maximum Gasteiger partial charge on any atom is 0.258 e. The van der Waals surface area contributed by atoms with E-state index in [1.807, 2.05) is 47.4 Å². The zero-order chi connectivity index (χ0) is 23.5. The summed E-state index contributed by atoms with van der Waals surface area (Å²) in [7, 11) is 1.61. The Balaban J connectivity index is 1.31. The van der Waals surface area contributed by atoms with Gasteiger partial charge in [0.2, 0.25) is 5.91 Å². The van der Waals surface area contributed by atoms with Crippen LogP contribution in [0.15, 0.2) is 78.9 Å². The lowest BCUT2D eigenvalue weighted by Crippen LogP contribution is -2.51. The molecule has 0 saturated carbocycles. The second-order valence-electron chi connectivity index (χ2n) is 8.73. The van der Waals surface area contributed by atoms with Crippen molar-refractivity contribution in [2.24, 2.45) is 0 Å². The molecule has 174 valence electrons. The largest absolute Gasteiger partial charge is 0.497 e. The number of para-hydroxylation sites is 2. The quantitative estimate of drug-likeness (QED) is 0.592. The van der Waals surface area contributed by atoms with Gasteiger partial charge in [0.25, 0.3) is 5.91 Å². The van der Waals surface area contributed by atoms with Gasteiger partial charge >= 0.3 is 0 Å². The Morgan fingerprint density at radius 3 is 2.18 bits per heavy atom. The molecule has 5 rings (SSSR count). The molecule has 0 aliphatic carbocycles. The van der Waals surface area contributed by atoms with Crippen molar-refractivity contribution < 1.29 is 14.3 Å². The number of amides is 2. The minimum absolute atomic E-state index is 0.0579. The molecule has 1 unspecified atom stereocenters. The zero-order valence-corrected chi connectivity index (χ0v) is 19.4. The van der Waals surface area contributed by atoms with Gasteiger partial charge in [0, 0.05) is 49.7 Å². The second kappa shape index (κ2) is 9.59. The fraction of sp³-hybridized carbons (Fsp3) is 0.286. The van der Waals surface area contributed by atoms with Crippen LogP contribution in [0.4, 0.5) is 11.4 Å². The van der Waals surface area contributed by atoms with Crippen molar-refractivity contribution in [1.29, 1.82) is 0 Å². The topological polar surface area (TPSA) is 53.1 Å². The van der Waals surface area contributed by atoms with Gasteiger partial charge in [0.15, 0.2) is 0 Å². The standard InChI is InChI=1S/C28H29N3O3/c1-34-23-13-11-21(12-14-23)27(32)31-16-15-25(24-9-5-6-10-26(24)31)28(33)30-19-17-29(18-20-30)22-7-3-2-4-8-22/h2-14,25H,15-20H2,1H3. The number of carbonyl (C=O) groups excluding carboxylic acids is 2. The number of hydrogen-bond acceptors (Lipinski definition) is 4. The third-order valence-corrected chi connectivity index (χ3v) is 6.84. The smallest absolute Gasteiger partial charge is 0.258 e. The van der Waals surface area contributed by atoms with Gasteiger partial charge in [-0.3, -0.25) is 9.59 Å². The lowest BCUT2D eigenvalue weighted by molar-refractivity contribution is -0.133. The fourth-order valence-corrected chi connectivity index (χ4v) is 4.96. The van der Waals surface area contributed by atoms with Gasteiger partial charge < -0.3 is 19.4 Å². The average Bonchev–Trinajstić information content (AvgIpc) is 2.92. The molecule has 34 heavy (non-hydrogen) atoms. The van der Waals surface area contributed by atoms with E-state index in [9.17, 15) is 9.59 Å². The van der Waals surface area contributed by atoms with Gasteiger partial charge in [-0.1, -0.05) is 36.4 Å². The van der Waals surface area contributed by atoms with Crippen LogP contribution in [-0.4, -0.2) is 56.5 Å². The summed E-state index contributed by atoms with van der Waals surface area (Å²) in [5.74, 6) is 0.599. The van der Waals surface area contributed by atoms with E-state index < -0.39 is 0 Å². The van der Waals surface area contributed by atoms with Crippen molar-refractivity contribution >= 4 is 23.2 Å². The van der Waals surface area contributed by atoms with E-state index >= 15 is 0 Å². The van der Waals surface area contributed by atoms with Gasteiger partial charge in [-0.05, 0) is 54.4 Å². The zero-order valence-electron chi connectivity index (χ0n) is 19.4. The number of methoxy groups -OCH3 is 1. The van der Waals surface area contributed by atoms with E-state index in [-0.39, 0.29) is 17.7 Å². The Morgan fingerprint density at radius 2 is 1.47 bits per heavy atom. The van der Waals surface area contributed by atoms with E-state index in [1.165, 1.54) is 5.69 Å². The van der Waals surface area contributed by atoms with Gasteiger partial charge in [0.1, 0.15) is 5.75 Å². The van der Waals surface area contributed by atoms with E-state index in [1.54, 1.807) is 36.3 Å². The van der Waals surface area contributed by atoms with E-state index in [4.69, 9.17) is 4.74 Å². The molecule has 0 spiro atoms. The minimum atomic E-state index is -0.223. The van der Waals surface area contributed by atoms with Crippen molar-refractivity contribution in [3.05, 3.63) is 90.0 Å². The summed E-state index contributed by atoms with van der Waals surface area (Å²) in [6.45, 7) is 3.59. The Labute approximate surface area is 200 Å².